The molecule has 1 aromatic carbocycles. The van der Waals surface area contributed by atoms with Gasteiger partial charge in [0.25, 0.3) is 0 Å². The van der Waals surface area contributed by atoms with Crippen molar-refractivity contribution in [3.63, 3.8) is 0 Å². The number of ether oxygens (including phenoxy) is 3. The summed E-state index contributed by atoms with van der Waals surface area (Å²) in [5.41, 5.74) is 0.114. The van der Waals surface area contributed by atoms with Crippen LogP contribution in [0.4, 0.5) is 4.39 Å². The molecule has 1 aromatic rings. The van der Waals surface area contributed by atoms with E-state index in [9.17, 15) is 9.18 Å². The summed E-state index contributed by atoms with van der Waals surface area (Å²) in [5.74, 6) is -0.592. The maximum atomic E-state index is 13.4. The first kappa shape index (κ1) is 12.9. The van der Waals surface area contributed by atoms with Gasteiger partial charge in [0.05, 0.1) is 7.11 Å². The van der Waals surface area contributed by atoms with Gasteiger partial charge in [-0.1, -0.05) is 12.1 Å². The van der Waals surface area contributed by atoms with E-state index in [4.69, 9.17) is 4.74 Å². The Balaban J connectivity index is 3.00. The van der Waals surface area contributed by atoms with Gasteiger partial charge < -0.3 is 14.2 Å². The third-order valence-corrected chi connectivity index (χ3v) is 2.24. The number of para-hydroxylation sites is 1. The van der Waals surface area contributed by atoms with E-state index in [0.29, 0.717) is 0 Å². The molecule has 4 nitrogen and oxygen atoms in total. The molecule has 6 heteroatoms. The second kappa shape index (κ2) is 5.27. The predicted molar refractivity (Wildman–Crippen MR) is 58.2 cm³/mol. The van der Waals surface area contributed by atoms with E-state index in [1.165, 1.54) is 19.2 Å². The lowest BCUT2D eigenvalue weighted by Crippen LogP contribution is -2.25. The first-order chi connectivity index (χ1) is 7.50. The molecule has 0 aliphatic carbocycles. The van der Waals surface area contributed by atoms with Gasteiger partial charge in [0.2, 0.25) is 0 Å². The van der Waals surface area contributed by atoms with Crippen LogP contribution in [-0.4, -0.2) is 25.1 Å². The number of hydrogen-bond donors (Lipinski definition) is 0. The fourth-order valence-electron chi connectivity index (χ4n) is 1.00. The van der Waals surface area contributed by atoms with Crippen LogP contribution in [0.1, 0.15) is 10.4 Å². The molecule has 0 aliphatic rings. The minimum Gasteiger partial charge on any atom is -0.465 e. The number of hydrogen-bond acceptors (Lipinski definition) is 4. The zero-order valence-electron chi connectivity index (χ0n) is 8.70. The van der Waals surface area contributed by atoms with Crippen molar-refractivity contribution in [2.75, 3.05) is 14.2 Å². The van der Waals surface area contributed by atoms with Crippen molar-refractivity contribution in [3.8, 4) is 5.75 Å². The van der Waals surface area contributed by atoms with Gasteiger partial charge in [-0.2, -0.15) is 4.39 Å². The van der Waals surface area contributed by atoms with Crippen molar-refractivity contribution >= 4 is 21.9 Å². The van der Waals surface area contributed by atoms with Gasteiger partial charge in [0, 0.05) is 23.0 Å². The molecule has 1 unspecified atom stereocenters. The Morgan fingerprint density at radius 1 is 1.38 bits per heavy atom. The number of halogens is 2. The van der Waals surface area contributed by atoms with Crippen molar-refractivity contribution in [1.29, 1.82) is 0 Å². The molecule has 0 fully saturated rings. The summed E-state index contributed by atoms with van der Waals surface area (Å²) in [6, 6.07) is 6.10. The highest BCUT2D eigenvalue weighted by molar-refractivity contribution is 9.09. The van der Waals surface area contributed by atoms with Crippen LogP contribution in [0.15, 0.2) is 24.3 Å². The molecule has 1 atom stereocenters. The highest BCUT2D eigenvalue weighted by atomic mass is 79.9. The molecule has 0 aliphatic heterocycles. The van der Waals surface area contributed by atoms with Crippen LogP contribution >= 0.6 is 15.9 Å². The topological polar surface area (TPSA) is 44.8 Å². The van der Waals surface area contributed by atoms with E-state index in [0.717, 1.165) is 7.11 Å². The summed E-state index contributed by atoms with van der Waals surface area (Å²) < 4.78 is 27.1. The smallest absolute Gasteiger partial charge is 0.424 e. The van der Waals surface area contributed by atoms with Crippen molar-refractivity contribution in [2.24, 2.45) is 0 Å². The SMILES string of the molecule is COC(=O)c1ccccc1OC(F)(Br)OC. The minimum atomic E-state index is -2.48. The number of methoxy groups -OCH3 is 2. The average Bonchev–Trinajstić information content (AvgIpc) is 2.28. The van der Waals surface area contributed by atoms with Gasteiger partial charge in [0.15, 0.2) is 0 Å². The second-order valence-corrected chi connectivity index (χ2v) is 3.70. The average molecular weight is 293 g/mol. The van der Waals surface area contributed by atoms with E-state index in [-0.39, 0.29) is 11.3 Å². The summed E-state index contributed by atoms with van der Waals surface area (Å²) in [7, 11) is 2.35. The van der Waals surface area contributed by atoms with Gasteiger partial charge in [0.1, 0.15) is 11.3 Å². The van der Waals surface area contributed by atoms with Crippen molar-refractivity contribution in [2.45, 2.75) is 4.95 Å². The van der Waals surface area contributed by atoms with Crippen LogP contribution in [0.3, 0.4) is 0 Å². The summed E-state index contributed by atoms with van der Waals surface area (Å²) in [5, 5.41) is 0. The van der Waals surface area contributed by atoms with E-state index >= 15 is 0 Å². The van der Waals surface area contributed by atoms with E-state index in [2.05, 4.69) is 25.4 Å². The number of esters is 1. The lowest BCUT2D eigenvalue weighted by Gasteiger charge is -2.18. The fourth-order valence-corrected chi connectivity index (χ4v) is 1.18. The number of carbonyl (C=O) groups is 1. The largest absolute Gasteiger partial charge is 0.465 e. The lowest BCUT2D eigenvalue weighted by atomic mass is 10.2. The van der Waals surface area contributed by atoms with E-state index in [1.807, 2.05) is 0 Å². The molecule has 0 radical (unpaired) electrons. The Labute approximate surface area is 100 Å². The highest BCUT2D eigenvalue weighted by Gasteiger charge is 2.29. The molecule has 0 saturated carbocycles. The molecule has 0 bridgehead atoms. The summed E-state index contributed by atoms with van der Waals surface area (Å²) in [6.07, 6.45) is 0. The van der Waals surface area contributed by atoms with Crippen LogP contribution in [0, 0.1) is 0 Å². The van der Waals surface area contributed by atoms with Crippen molar-refractivity contribution < 1.29 is 23.4 Å². The Bertz CT molecular complexity index is 381. The van der Waals surface area contributed by atoms with Crippen LogP contribution in [-0.2, 0) is 9.47 Å². The zero-order valence-corrected chi connectivity index (χ0v) is 10.3. The molecule has 1 rings (SSSR count). The summed E-state index contributed by atoms with van der Waals surface area (Å²) in [6.45, 7) is 0. The number of rotatable bonds is 4. The highest BCUT2D eigenvalue weighted by Crippen LogP contribution is 2.29. The molecule has 0 saturated heterocycles. The molecule has 0 amide bonds. The summed E-state index contributed by atoms with van der Waals surface area (Å²) in [4.78, 5) is 8.85. The van der Waals surface area contributed by atoms with Gasteiger partial charge in [-0.25, -0.2) is 4.79 Å². The number of carbonyl (C=O) groups excluding carboxylic acids is 1. The predicted octanol–water partition coefficient (Wildman–Crippen LogP) is 2.47. The van der Waals surface area contributed by atoms with Crippen LogP contribution in [0.5, 0.6) is 5.75 Å². The first-order valence-electron chi connectivity index (χ1n) is 4.29. The van der Waals surface area contributed by atoms with Crippen LogP contribution in [0.2, 0.25) is 0 Å². The Kier molecular flexibility index (Phi) is 4.26. The fraction of sp³-hybridized carbons (Fsp3) is 0.300. The van der Waals surface area contributed by atoms with Crippen molar-refractivity contribution in [3.05, 3.63) is 29.8 Å². The Morgan fingerprint density at radius 3 is 2.56 bits per heavy atom. The molecular weight excluding hydrogens is 283 g/mol. The molecule has 0 aromatic heterocycles. The number of benzene rings is 1. The number of alkyl halides is 2. The molecule has 0 N–H and O–H groups in total. The molecule has 0 heterocycles. The maximum absolute atomic E-state index is 13.4. The quantitative estimate of drug-likeness (QED) is 0.486. The maximum Gasteiger partial charge on any atom is 0.424 e. The third kappa shape index (κ3) is 3.18. The molecular formula is C10H10BrFO4. The van der Waals surface area contributed by atoms with Crippen LogP contribution < -0.4 is 4.74 Å². The Hall–Kier alpha value is -1.14. The van der Waals surface area contributed by atoms with Gasteiger partial charge >= 0.3 is 10.9 Å². The lowest BCUT2D eigenvalue weighted by molar-refractivity contribution is -0.173. The molecule has 0 spiro atoms. The van der Waals surface area contributed by atoms with E-state index in [1.54, 1.807) is 12.1 Å². The standard InChI is InChI=1S/C10H10BrFO4/c1-14-9(13)7-5-3-4-6-8(7)16-10(11,12)15-2/h3-6H,1-2H3. The third-order valence-electron chi connectivity index (χ3n) is 1.76. The Morgan fingerprint density at radius 2 is 2.00 bits per heavy atom. The molecule has 16 heavy (non-hydrogen) atoms. The van der Waals surface area contributed by atoms with Gasteiger partial charge in [-0.05, 0) is 12.1 Å². The van der Waals surface area contributed by atoms with Crippen LogP contribution in [0.25, 0.3) is 0 Å². The summed E-state index contributed by atoms with van der Waals surface area (Å²) >= 11 is 2.56. The first-order valence-corrected chi connectivity index (χ1v) is 5.09. The second-order valence-electron chi connectivity index (χ2n) is 2.76. The van der Waals surface area contributed by atoms with Gasteiger partial charge in [-0.15, -0.1) is 0 Å². The van der Waals surface area contributed by atoms with Crippen molar-refractivity contribution in [1.82, 2.24) is 0 Å². The molecule has 88 valence electrons. The van der Waals surface area contributed by atoms with Gasteiger partial charge in [-0.3, -0.25) is 0 Å². The monoisotopic (exact) mass is 292 g/mol. The normalized spacial score (nSPS) is 14.0. The minimum absolute atomic E-state index is 0.0237. The van der Waals surface area contributed by atoms with E-state index < -0.39 is 10.9 Å². The zero-order chi connectivity index (χ0) is 12.2.